The molecule has 9 N–H and O–H groups in total. The lowest BCUT2D eigenvalue weighted by Crippen LogP contribution is -2.56. The fraction of sp³-hybridized carbons (Fsp3) is 0.526. The number of rotatable bonds is 12. The number of hydrogen-bond acceptors (Lipinski definition) is 7. The van der Waals surface area contributed by atoms with Crippen molar-refractivity contribution in [2.75, 3.05) is 6.54 Å². The largest absolute Gasteiger partial charge is 0.508 e. The van der Waals surface area contributed by atoms with Crippen LogP contribution in [0.1, 0.15) is 31.7 Å². The van der Waals surface area contributed by atoms with E-state index < -0.39 is 42.0 Å². The minimum atomic E-state index is -1.25. The Labute approximate surface area is 169 Å². The number of phenols is 1. The van der Waals surface area contributed by atoms with Crippen molar-refractivity contribution in [3.63, 3.8) is 0 Å². The zero-order valence-electron chi connectivity index (χ0n) is 16.4. The Hall–Kier alpha value is -2.69. The number of nitrogens with one attached hydrogen (secondary N) is 2. The lowest BCUT2D eigenvalue weighted by atomic mass is 10.0. The molecule has 0 aliphatic rings. The maximum absolute atomic E-state index is 12.7. The fourth-order valence-electron chi connectivity index (χ4n) is 2.59. The molecule has 0 aliphatic heterocycles. The van der Waals surface area contributed by atoms with Crippen LogP contribution in [0.3, 0.4) is 0 Å². The second-order valence-corrected chi connectivity index (χ2v) is 6.88. The predicted octanol–water partition coefficient (Wildman–Crippen LogP) is -1.17. The molecule has 0 bridgehead atoms. The molecule has 0 fully saturated rings. The number of benzene rings is 1. The summed E-state index contributed by atoms with van der Waals surface area (Å²) in [5, 5.41) is 33.1. The number of hydrogen-bond donors (Lipinski definition) is 7. The molecule has 0 heterocycles. The molecule has 1 rings (SSSR count). The summed E-state index contributed by atoms with van der Waals surface area (Å²) in [4.78, 5) is 36.4. The van der Waals surface area contributed by atoms with E-state index in [-0.39, 0.29) is 18.6 Å². The molecule has 0 aliphatic carbocycles. The SMILES string of the molecule is C[C@@H](O)[C@H](N)C(=O)N[C@@H](Cc1ccc(O)cc1)C(=O)N[C@@H](CCCCN)C(=O)O. The average Bonchev–Trinajstić information content (AvgIpc) is 2.67. The number of aliphatic hydroxyl groups excluding tert-OH is 1. The maximum atomic E-state index is 12.7. The van der Waals surface area contributed by atoms with Crippen LogP contribution in [-0.2, 0) is 20.8 Å². The molecule has 0 aromatic heterocycles. The molecule has 162 valence electrons. The summed E-state index contributed by atoms with van der Waals surface area (Å²) < 4.78 is 0. The molecule has 10 heteroatoms. The first-order valence-electron chi connectivity index (χ1n) is 9.40. The quantitative estimate of drug-likeness (QED) is 0.210. The number of aromatic hydroxyl groups is 1. The molecule has 4 atom stereocenters. The van der Waals surface area contributed by atoms with Crippen molar-refractivity contribution in [2.45, 2.75) is 56.8 Å². The van der Waals surface area contributed by atoms with Crippen molar-refractivity contribution in [3.05, 3.63) is 29.8 Å². The van der Waals surface area contributed by atoms with Gasteiger partial charge in [-0.1, -0.05) is 12.1 Å². The van der Waals surface area contributed by atoms with Crippen molar-refractivity contribution in [1.82, 2.24) is 10.6 Å². The lowest BCUT2D eigenvalue weighted by Gasteiger charge is -2.24. The molecular weight excluding hydrogens is 380 g/mol. The number of aliphatic hydroxyl groups is 1. The number of aliphatic carboxylic acids is 1. The molecule has 0 spiro atoms. The van der Waals surface area contributed by atoms with Crippen LogP contribution in [0.2, 0.25) is 0 Å². The summed E-state index contributed by atoms with van der Waals surface area (Å²) in [6.07, 6.45) is 0.257. The van der Waals surface area contributed by atoms with Gasteiger partial charge in [0.15, 0.2) is 0 Å². The van der Waals surface area contributed by atoms with Crippen LogP contribution >= 0.6 is 0 Å². The lowest BCUT2D eigenvalue weighted by molar-refractivity contribution is -0.142. The highest BCUT2D eigenvalue weighted by molar-refractivity contribution is 5.92. The van der Waals surface area contributed by atoms with Crippen LogP contribution in [0.25, 0.3) is 0 Å². The summed E-state index contributed by atoms with van der Waals surface area (Å²) in [7, 11) is 0. The summed E-state index contributed by atoms with van der Waals surface area (Å²) in [5.74, 6) is -2.58. The smallest absolute Gasteiger partial charge is 0.326 e. The third kappa shape index (κ3) is 8.46. The summed E-state index contributed by atoms with van der Waals surface area (Å²) >= 11 is 0. The van der Waals surface area contributed by atoms with Gasteiger partial charge in [0, 0.05) is 6.42 Å². The Morgan fingerprint density at radius 1 is 1.03 bits per heavy atom. The minimum Gasteiger partial charge on any atom is -0.508 e. The number of carboxylic acids is 1. The topological polar surface area (TPSA) is 188 Å². The number of phenolic OH excluding ortho intramolecular Hbond substituents is 1. The highest BCUT2D eigenvalue weighted by Gasteiger charge is 2.29. The van der Waals surface area contributed by atoms with Crippen molar-refractivity contribution in [3.8, 4) is 5.75 Å². The van der Waals surface area contributed by atoms with Gasteiger partial charge in [-0.2, -0.15) is 0 Å². The molecule has 0 radical (unpaired) electrons. The van der Waals surface area contributed by atoms with Gasteiger partial charge < -0.3 is 37.4 Å². The van der Waals surface area contributed by atoms with E-state index in [0.29, 0.717) is 24.9 Å². The van der Waals surface area contributed by atoms with Crippen LogP contribution in [0.15, 0.2) is 24.3 Å². The van der Waals surface area contributed by atoms with Crippen molar-refractivity contribution >= 4 is 17.8 Å². The van der Waals surface area contributed by atoms with Crippen LogP contribution < -0.4 is 22.1 Å². The van der Waals surface area contributed by atoms with Gasteiger partial charge in [0.25, 0.3) is 0 Å². The fourth-order valence-corrected chi connectivity index (χ4v) is 2.59. The van der Waals surface area contributed by atoms with E-state index in [1.54, 1.807) is 12.1 Å². The maximum Gasteiger partial charge on any atom is 0.326 e. The number of carbonyl (C=O) groups is 3. The van der Waals surface area contributed by atoms with Crippen molar-refractivity contribution < 1.29 is 29.7 Å². The minimum absolute atomic E-state index is 0.0412. The normalized spacial score (nSPS) is 15.0. The van der Waals surface area contributed by atoms with E-state index in [4.69, 9.17) is 11.5 Å². The van der Waals surface area contributed by atoms with Gasteiger partial charge >= 0.3 is 5.97 Å². The van der Waals surface area contributed by atoms with E-state index in [1.807, 2.05) is 0 Å². The van der Waals surface area contributed by atoms with Gasteiger partial charge in [0.2, 0.25) is 11.8 Å². The van der Waals surface area contributed by atoms with E-state index >= 15 is 0 Å². The number of carboxylic acid groups (broad SMARTS) is 1. The average molecular weight is 410 g/mol. The zero-order valence-corrected chi connectivity index (χ0v) is 16.4. The first-order valence-corrected chi connectivity index (χ1v) is 9.40. The summed E-state index contributed by atoms with van der Waals surface area (Å²) in [6, 6.07) is 2.52. The summed E-state index contributed by atoms with van der Waals surface area (Å²) in [5.41, 5.74) is 11.7. The Morgan fingerprint density at radius 2 is 1.62 bits per heavy atom. The standard InChI is InChI=1S/C19H30N4O6/c1-11(24)16(21)18(27)23-15(10-12-5-7-13(25)8-6-12)17(26)22-14(19(28)29)4-2-3-9-20/h5-8,11,14-16,24-25H,2-4,9-10,20-21H2,1H3,(H,22,26)(H,23,27)(H,28,29)/t11-,14+,15+,16+/m1/s1. The molecule has 10 nitrogen and oxygen atoms in total. The number of carbonyl (C=O) groups excluding carboxylic acids is 2. The van der Waals surface area contributed by atoms with Crippen molar-refractivity contribution in [1.29, 1.82) is 0 Å². The van der Waals surface area contributed by atoms with Gasteiger partial charge in [0.05, 0.1) is 6.10 Å². The van der Waals surface area contributed by atoms with Gasteiger partial charge in [-0.05, 0) is 50.4 Å². The second kappa shape index (κ2) is 12.0. The Morgan fingerprint density at radius 3 is 2.14 bits per heavy atom. The first kappa shape index (κ1) is 24.3. The second-order valence-electron chi connectivity index (χ2n) is 6.88. The van der Waals surface area contributed by atoms with Crippen LogP contribution in [0.5, 0.6) is 5.75 Å². The molecule has 2 amide bonds. The van der Waals surface area contributed by atoms with Crippen LogP contribution in [-0.4, -0.2) is 63.9 Å². The van der Waals surface area contributed by atoms with Crippen LogP contribution in [0.4, 0.5) is 0 Å². The molecule has 0 saturated heterocycles. The highest BCUT2D eigenvalue weighted by atomic mass is 16.4. The number of nitrogens with two attached hydrogens (primary N) is 2. The first-order chi connectivity index (χ1) is 13.6. The molecule has 1 aromatic rings. The van der Waals surface area contributed by atoms with E-state index in [0.717, 1.165) is 0 Å². The Bertz CT molecular complexity index is 680. The Kier molecular flexibility index (Phi) is 10.1. The van der Waals surface area contributed by atoms with Gasteiger partial charge in [-0.15, -0.1) is 0 Å². The third-order valence-corrected chi connectivity index (χ3v) is 4.39. The van der Waals surface area contributed by atoms with Gasteiger partial charge in [-0.3, -0.25) is 9.59 Å². The van der Waals surface area contributed by atoms with E-state index in [1.165, 1.54) is 19.1 Å². The summed E-state index contributed by atoms with van der Waals surface area (Å²) in [6.45, 7) is 1.76. The molecular formula is C19H30N4O6. The zero-order chi connectivity index (χ0) is 22.0. The molecule has 29 heavy (non-hydrogen) atoms. The highest BCUT2D eigenvalue weighted by Crippen LogP contribution is 2.12. The third-order valence-electron chi connectivity index (χ3n) is 4.39. The molecule has 1 aromatic carbocycles. The van der Waals surface area contributed by atoms with Crippen LogP contribution in [0, 0.1) is 0 Å². The number of amides is 2. The number of unbranched alkanes of at least 4 members (excludes halogenated alkanes) is 1. The van der Waals surface area contributed by atoms with E-state index in [2.05, 4.69) is 10.6 Å². The molecule has 0 unspecified atom stereocenters. The van der Waals surface area contributed by atoms with Gasteiger partial charge in [-0.25, -0.2) is 4.79 Å². The molecule has 0 saturated carbocycles. The van der Waals surface area contributed by atoms with E-state index in [9.17, 15) is 29.7 Å². The predicted molar refractivity (Wildman–Crippen MR) is 106 cm³/mol. The van der Waals surface area contributed by atoms with Crippen molar-refractivity contribution in [2.24, 2.45) is 11.5 Å². The van der Waals surface area contributed by atoms with Gasteiger partial charge in [0.1, 0.15) is 23.9 Å². The monoisotopic (exact) mass is 410 g/mol. The Balaban J connectivity index is 2.94.